The molecule has 0 amide bonds. The van der Waals surface area contributed by atoms with Crippen molar-refractivity contribution in [3.8, 4) is 22.6 Å². The second-order valence-electron chi connectivity index (χ2n) is 10.3. The molecule has 4 rings (SSSR count). The monoisotopic (exact) mass is 512 g/mol. The molecule has 1 fully saturated rings. The van der Waals surface area contributed by atoms with Gasteiger partial charge in [-0.2, -0.15) is 0 Å². The summed E-state index contributed by atoms with van der Waals surface area (Å²) in [6, 6.07) is 11.5. The summed E-state index contributed by atoms with van der Waals surface area (Å²) in [7, 11) is 1.50. The Morgan fingerprint density at radius 1 is 1.00 bits per heavy atom. The molecule has 0 spiro atoms. The highest BCUT2D eigenvalue weighted by atomic mass is 19.1. The van der Waals surface area contributed by atoms with Crippen LogP contribution in [0.15, 0.2) is 48.5 Å². The number of halogens is 3. The topological polar surface area (TPSA) is 55.8 Å². The Hall–Kier alpha value is -3.48. The van der Waals surface area contributed by atoms with Gasteiger partial charge in [0.15, 0.2) is 0 Å². The van der Waals surface area contributed by atoms with Gasteiger partial charge in [0.05, 0.1) is 7.11 Å². The van der Waals surface area contributed by atoms with E-state index < -0.39 is 23.4 Å². The number of aryl methyl sites for hydroxylation is 1. The molecule has 0 aromatic heterocycles. The molecule has 0 saturated heterocycles. The number of hydrogen-bond acceptors (Lipinski definition) is 3. The third kappa shape index (κ3) is 6.09. The molecule has 0 bridgehead atoms. The van der Waals surface area contributed by atoms with Crippen molar-refractivity contribution in [2.45, 2.75) is 58.5 Å². The van der Waals surface area contributed by atoms with Crippen LogP contribution >= 0.6 is 0 Å². The lowest BCUT2D eigenvalue weighted by Gasteiger charge is -2.30. The van der Waals surface area contributed by atoms with E-state index in [9.17, 15) is 13.6 Å². The van der Waals surface area contributed by atoms with Crippen molar-refractivity contribution in [1.82, 2.24) is 0 Å². The summed E-state index contributed by atoms with van der Waals surface area (Å²) in [5, 5.41) is 8.90. The first-order valence-electron chi connectivity index (χ1n) is 12.4. The fourth-order valence-corrected chi connectivity index (χ4v) is 5.27. The fourth-order valence-electron chi connectivity index (χ4n) is 5.27. The van der Waals surface area contributed by atoms with E-state index in [0.29, 0.717) is 16.9 Å². The molecule has 1 N–H and O–H groups in total. The molecule has 1 unspecified atom stereocenters. The number of carbonyl (C=O) groups is 1. The maximum atomic E-state index is 15.4. The summed E-state index contributed by atoms with van der Waals surface area (Å²) in [6.07, 6.45) is 2.93. The molecule has 7 heteroatoms. The lowest BCUT2D eigenvalue weighted by Crippen LogP contribution is -2.17. The number of rotatable bonds is 9. The molecule has 0 aliphatic heterocycles. The van der Waals surface area contributed by atoms with Gasteiger partial charge in [0, 0.05) is 23.6 Å². The first kappa shape index (κ1) is 26.6. The Balaban J connectivity index is 1.70. The Morgan fingerprint density at radius 3 is 2.46 bits per heavy atom. The molecule has 1 saturated carbocycles. The highest BCUT2D eigenvalue weighted by molar-refractivity contribution is 5.71. The molecule has 1 atom stereocenters. The third-order valence-corrected chi connectivity index (χ3v) is 7.27. The van der Waals surface area contributed by atoms with Crippen LogP contribution in [0.3, 0.4) is 0 Å². The van der Waals surface area contributed by atoms with Gasteiger partial charge in [-0.25, -0.2) is 13.2 Å². The van der Waals surface area contributed by atoms with Gasteiger partial charge in [0.25, 0.3) is 0 Å². The second kappa shape index (κ2) is 10.9. The van der Waals surface area contributed by atoms with Crippen LogP contribution in [0.1, 0.15) is 62.1 Å². The predicted molar refractivity (Wildman–Crippen MR) is 135 cm³/mol. The molecule has 3 aromatic carbocycles. The SMILES string of the molecule is COc1ccc(F)c(-c2cc(F)c(COc3cc(F)cc(CCC(=O)O)c3)cc2C2CCCC2(C)C)c1. The molecule has 3 aromatic rings. The first-order valence-corrected chi connectivity index (χ1v) is 12.4. The maximum absolute atomic E-state index is 15.4. The van der Waals surface area contributed by atoms with E-state index in [-0.39, 0.29) is 47.7 Å². The van der Waals surface area contributed by atoms with Gasteiger partial charge in [-0.1, -0.05) is 20.3 Å². The quantitative estimate of drug-likeness (QED) is 0.320. The van der Waals surface area contributed by atoms with Crippen molar-refractivity contribution < 1.29 is 32.5 Å². The standard InChI is InChI=1S/C30H31F3O4/c1-30(2)10-4-5-26(30)24-13-19(17-37-22-12-18(6-9-29(34)35)11-20(31)14-22)28(33)16-23(24)25-15-21(36-3)7-8-27(25)32/h7-8,11-16,26H,4-6,9-10,17H2,1-3H3,(H,34,35). The van der Waals surface area contributed by atoms with E-state index >= 15 is 4.39 Å². The number of benzene rings is 3. The van der Waals surface area contributed by atoms with Crippen molar-refractivity contribution in [2.75, 3.05) is 7.11 Å². The van der Waals surface area contributed by atoms with E-state index in [1.807, 2.05) is 0 Å². The van der Waals surface area contributed by atoms with Gasteiger partial charge in [0.2, 0.25) is 0 Å². The van der Waals surface area contributed by atoms with Gasteiger partial charge in [-0.15, -0.1) is 0 Å². The van der Waals surface area contributed by atoms with E-state index in [1.54, 1.807) is 18.2 Å². The highest BCUT2D eigenvalue weighted by Crippen LogP contribution is 2.51. The second-order valence-corrected chi connectivity index (χ2v) is 10.3. The van der Waals surface area contributed by atoms with Crippen LogP contribution in [0.4, 0.5) is 13.2 Å². The number of hydrogen-bond donors (Lipinski definition) is 1. The molecule has 4 nitrogen and oxygen atoms in total. The first-order chi connectivity index (χ1) is 17.6. The van der Waals surface area contributed by atoms with Crippen LogP contribution in [0.5, 0.6) is 11.5 Å². The minimum Gasteiger partial charge on any atom is -0.497 e. The number of aliphatic carboxylic acids is 1. The van der Waals surface area contributed by atoms with Crippen molar-refractivity contribution >= 4 is 5.97 Å². The Kier molecular flexibility index (Phi) is 7.81. The van der Waals surface area contributed by atoms with E-state index in [0.717, 1.165) is 24.8 Å². The normalized spacial score (nSPS) is 16.5. The predicted octanol–water partition coefficient (Wildman–Crippen LogP) is 7.67. The Labute approximate surface area is 215 Å². The minimum atomic E-state index is -0.983. The summed E-state index contributed by atoms with van der Waals surface area (Å²) >= 11 is 0. The average molecular weight is 513 g/mol. The van der Waals surface area contributed by atoms with Crippen molar-refractivity contribution in [3.05, 3.63) is 82.7 Å². The van der Waals surface area contributed by atoms with Crippen molar-refractivity contribution in [2.24, 2.45) is 5.41 Å². The van der Waals surface area contributed by atoms with Crippen molar-refractivity contribution in [3.63, 3.8) is 0 Å². The zero-order valence-electron chi connectivity index (χ0n) is 21.2. The molecule has 0 radical (unpaired) electrons. The van der Waals surface area contributed by atoms with Crippen LogP contribution in [0.25, 0.3) is 11.1 Å². The molecular weight excluding hydrogens is 481 g/mol. The highest BCUT2D eigenvalue weighted by Gasteiger charge is 2.37. The summed E-state index contributed by atoms with van der Waals surface area (Å²) < 4.78 is 55.5. The van der Waals surface area contributed by atoms with Crippen LogP contribution in [0, 0.1) is 22.9 Å². The van der Waals surface area contributed by atoms with E-state index in [4.69, 9.17) is 14.6 Å². The molecule has 1 aliphatic carbocycles. The number of carboxylic acid groups (broad SMARTS) is 1. The fraction of sp³-hybridized carbons (Fsp3) is 0.367. The number of carboxylic acids is 1. The lowest BCUT2D eigenvalue weighted by molar-refractivity contribution is -0.136. The smallest absolute Gasteiger partial charge is 0.303 e. The number of methoxy groups -OCH3 is 1. The molecule has 0 heterocycles. The summed E-state index contributed by atoms with van der Waals surface area (Å²) in [5.41, 5.74) is 2.31. The van der Waals surface area contributed by atoms with Gasteiger partial charge < -0.3 is 14.6 Å². The lowest BCUT2D eigenvalue weighted by atomic mass is 9.75. The molecule has 37 heavy (non-hydrogen) atoms. The van der Waals surface area contributed by atoms with E-state index in [2.05, 4.69) is 13.8 Å². The molecule has 196 valence electrons. The summed E-state index contributed by atoms with van der Waals surface area (Å²) in [5.74, 6) is -1.81. The third-order valence-electron chi connectivity index (χ3n) is 7.27. The molecule has 1 aliphatic rings. The summed E-state index contributed by atoms with van der Waals surface area (Å²) in [4.78, 5) is 10.9. The largest absolute Gasteiger partial charge is 0.497 e. The maximum Gasteiger partial charge on any atom is 0.303 e. The van der Waals surface area contributed by atoms with Crippen LogP contribution in [-0.2, 0) is 17.8 Å². The zero-order valence-corrected chi connectivity index (χ0v) is 21.2. The van der Waals surface area contributed by atoms with Crippen LogP contribution < -0.4 is 9.47 Å². The van der Waals surface area contributed by atoms with Crippen LogP contribution in [-0.4, -0.2) is 18.2 Å². The van der Waals surface area contributed by atoms with Crippen LogP contribution in [0.2, 0.25) is 0 Å². The Bertz CT molecular complexity index is 1300. The Morgan fingerprint density at radius 2 is 1.78 bits per heavy atom. The van der Waals surface area contributed by atoms with Gasteiger partial charge in [0.1, 0.15) is 35.6 Å². The average Bonchev–Trinajstić information content (AvgIpc) is 3.20. The number of ether oxygens (including phenoxy) is 2. The van der Waals surface area contributed by atoms with Gasteiger partial charge >= 0.3 is 5.97 Å². The van der Waals surface area contributed by atoms with Gasteiger partial charge in [-0.05, 0) is 89.8 Å². The van der Waals surface area contributed by atoms with Crippen molar-refractivity contribution in [1.29, 1.82) is 0 Å². The molecular formula is C30H31F3O4. The van der Waals surface area contributed by atoms with E-state index in [1.165, 1.54) is 37.4 Å². The summed E-state index contributed by atoms with van der Waals surface area (Å²) in [6.45, 7) is 4.18. The minimum absolute atomic E-state index is 0.0539. The zero-order chi connectivity index (χ0) is 26.7. The van der Waals surface area contributed by atoms with Gasteiger partial charge in [-0.3, -0.25) is 4.79 Å².